The monoisotopic (exact) mass is 360 g/mol. The number of nitrogens with zero attached hydrogens (tertiary/aromatic N) is 1. The average molecular weight is 360 g/mol. The molecule has 134 valence electrons. The number of primary sulfonamides is 1. The standard InChI is InChI=1S/C19H24N2O3S/c1-19(2)16(13-7-9-14(10-8-13)25(20,22)23)17(19)18-21-15(11-24-18)12-5-3-4-6-12/h7-12,16-17H,3-6H2,1-2H3,(H2,20,22,23)/t16-,17+/m1/s1. The van der Waals surface area contributed by atoms with Gasteiger partial charge in [0.1, 0.15) is 6.26 Å². The van der Waals surface area contributed by atoms with Gasteiger partial charge in [0.2, 0.25) is 10.0 Å². The second-order valence-corrected chi connectivity index (χ2v) is 9.54. The zero-order valence-electron chi connectivity index (χ0n) is 14.6. The first kappa shape index (κ1) is 16.8. The third-order valence-corrected chi connectivity index (χ3v) is 6.90. The van der Waals surface area contributed by atoms with E-state index in [1.807, 2.05) is 18.4 Å². The molecule has 1 aromatic carbocycles. The fourth-order valence-electron chi connectivity index (χ4n) is 4.44. The quantitative estimate of drug-likeness (QED) is 0.896. The number of benzene rings is 1. The summed E-state index contributed by atoms with van der Waals surface area (Å²) in [7, 11) is -3.66. The van der Waals surface area contributed by atoms with E-state index in [1.54, 1.807) is 12.1 Å². The number of rotatable bonds is 4. The fraction of sp³-hybridized carbons (Fsp3) is 0.526. The highest BCUT2D eigenvalue weighted by atomic mass is 32.2. The highest BCUT2D eigenvalue weighted by Gasteiger charge is 2.61. The summed E-state index contributed by atoms with van der Waals surface area (Å²) in [5, 5.41) is 5.18. The van der Waals surface area contributed by atoms with Gasteiger partial charge < -0.3 is 4.42 Å². The van der Waals surface area contributed by atoms with Crippen LogP contribution in [0.15, 0.2) is 39.8 Å². The van der Waals surface area contributed by atoms with Crippen LogP contribution >= 0.6 is 0 Å². The van der Waals surface area contributed by atoms with Gasteiger partial charge in [-0.3, -0.25) is 0 Å². The summed E-state index contributed by atoms with van der Waals surface area (Å²) in [5.41, 5.74) is 2.24. The van der Waals surface area contributed by atoms with Crippen LogP contribution in [-0.2, 0) is 10.0 Å². The Balaban J connectivity index is 1.57. The van der Waals surface area contributed by atoms with Gasteiger partial charge in [0.05, 0.1) is 10.6 Å². The van der Waals surface area contributed by atoms with Crippen LogP contribution in [0.1, 0.15) is 74.4 Å². The SMILES string of the molecule is CC1(C)[C@H](c2ccc(S(N)(=O)=O)cc2)[C@H]1c1nc(C2CCCC2)co1. The Morgan fingerprint density at radius 3 is 2.36 bits per heavy atom. The number of hydrogen-bond acceptors (Lipinski definition) is 4. The summed E-state index contributed by atoms with van der Waals surface area (Å²) in [6.45, 7) is 4.41. The molecule has 4 rings (SSSR count). The number of oxazole rings is 1. The molecule has 2 fully saturated rings. The first-order valence-corrected chi connectivity index (χ1v) is 10.4. The maximum absolute atomic E-state index is 11.4. The molecule has 0 bridgehead atoms. The predicted octanol–water partition coefficient (Wildman–Crippen LogP) is 3.89. The van der Waals surface area contributed by atoms with Crippen LogP contribution in [0.4, 0.5) is 0 Å². The van der Waals surface area contributed by atoms with Crippen molar-refractivity contribution in [1.29, 1.82) is 0 Å². The van der Waals surface area contributed by atoms with Crippen LogP contribution in [0.3, 0.4) is 0 Å². The maximum Gasteiger partial charge on any atom is 0.238 e. The van der Waals surface area contributed by atoms with Crippen LogP contribution in [-0.4, -0.2) is 13.4 Å². The molecule has 2 aliphatic rings. The molecule has 0 saturated heterocycles. The van der Waals surface area contributed by atoms with Crippen molar-refractivity contribution in [2.24, 2.45) is 10.6 Å². The smallest absolute Gasteiger partial charge is 0.238 e. The molecule has 1 aromatic heterocycles. The lowest BCUT2D eigenvalue weighted by Gasteiger charge is -2.04. The first-order chi connectivity index (χ1) is 11.8. The minimum atomic E-state index is -3.66. The van der Waals surface area contributed by atoms with Crippen molar-refractivity contribution >= 4 is 10.0 Å². The normalized spacial score (nSPS) is 26.0. The highest BCUT2D eigenvalue weighted by Crippen LogP contribution is 2.69. The average Bonchev–Trinajstić information content (AvgIpc) is 3.03. The van der Waals surface area contributed by atoms with Gasteiger partial charge in [-0.05, 0) is 36.0 Å². The van der Waals surface area contributed by atoms with Gasteiger partial charge in [0, 0.05) is 17.8 Å². The van der Waals surface area contributed by atoms with Crippen LogP contribution in [0.2, 0.25) is 0 Å². The molecule has 0 amide bonds. The summed E-state index contributed by atoms with van der Waals surface area (Å²) in [6, 6.07) is 6.87. The Bertz CT molecular complexity index is 878. The van der Waals surface area contributed by atoms with E-state index in [-0.39, 0.29) is 22.1 Å². The molecule has 2 aliphatic carbocycles. The van der Waals surface area contributed by atoms with Crippen molar-refractivity contribution in [3.05, 3.63) is 47.7 Å². The molecule has 1 heterocycles. The number of hydrogen-bond donors (Lipinski definition) is 1. The third kappa shape index (κ3) is 2.91. The van der Waals surface area contributed by atoms with E-state index in [9.17, 15) is 8.42 Å². The van der Waals surface area contributed by atoms with Gasteiger partial charge in [-0.15, -0.1) is 0 Å². The molecule has 6 heteroatoms. The molecule has 2 saturated carbocycles. The minimum Gasteiger partial charge on any atom is -0.448 e. The second kappa shape index (κ2) is 5.68. The maximum atomic E-state index is 11.4. The Labute approximate surface area is 148 Å². The molecular formula is C19H24N2O3S. The zero-order valence-corrected chi connectivity index (χ0v) is 15.4. The van der Waals surface area contributed by atoms with Crippen molar-refractivity contribution in [2.45, 2.75) is 62.2 Å². The predicted molar refractivity (Wildman–Crippen MR) is 94.8 cm³/mol. The van der Waals surface area contributed by atoms with Gasteiger partial charge in [-0.25, -0.2) is 18.5 Å². The fourth-order valence-corrected chi connectivity index (χ4v) is 4.95. The van der Waals surface area contributed by atoms with E-state index in [1.165, 1.54) is 25.7 Å². The molecule has 2 aromatic rings. The first-order valence-electron chi connectivity index (χ1n) is 8.86. The molecule has 2 atom stereocenters. The second-order valence-electron chi connectivity index (χ2n) is 7.98. The van der Waals surface area contributed by atoms with Crippen LogP contribution < -0.4 is 5.14 Å². The van der Waals surface area contributed by atoms with E-state index in [4.69, 9.17) is 14.5 Å². The molecule has 5 nitrogen and oxygen atoms in total. The van der Waals surface area contributed by atoms with Crippen molar-refractivity contribution in [3.8, 4) is 0 Å². The highest BCUT2D eigenvalue weighted by molar-refractivity contribution is 7.89. The van der Waals surface area contributed by atoms with Gasteiger partial charge in [0.25, 0.3) is 0 Å². The summed E-state index contributed by atoms with van der Waals surface area (Å²) >= 11 is 0. The molecule has 0 radical (unpaired) electrons. The Hall–Kier alpha value is -1.66. The number of sulfonamides is 1. The van der Waals surface area contributed by atoms with Gasteiger partial charge in [-0.1, -0.05) is 38.8 Å². The largest absolute Gasteiger partial charge is 0.448 e. The van der Waals surface area contributed by atoms with E-state index < -0.39 is 10.0 Å². The Morgan fingerprint density at radius 2 is 1.76 bits per heavy atom. The van der Waals surface area contributed by atoms with Crippen molar-refractivity contribution in [2.75, 3.05) is 0 Å². The van der Waals surface area contributed by atoms with E-state index >= 15 is 0 Å². The van der Waals surface area contributed by atoms with E-state index in [0.29, 0.717) is 5.92 Å². The molecule has 0 unspecified atom stereocenters. The van der Waals surface area contributed by atoms with Gasteiger partial charge in [0.15, 0.2) is 5.89 Å². The Kier molecular flexibility index (Phi) is 3.81. The number of aromatic nitrogens is 1. The topological polar surface area (TPSA) is 86.2 Å². The molecule has 2 N–H and O–H groups in total. The van der Waals surface area contributed by atoms with Crippen LogP contribution in [0, 0.1) is 5.41 Å². The minimum absolute atomic E-state index is 0.0426. The summed E-state index contributed by atoms with van der Waals surface area (Å²) in [6.07, 6.45) is 6.81. The third-order valence-electron chi connectivity index (χ3n) is 5.97. The van der Waals surface area contributed by atoms with Crippen molar-refractivity contribution < 1.29 is 12.8 Å². The number of nitrogens with two attached hydrogens (primary N) is 1. The lowest BCUT2D eigenvalue weighted by molar-refractivity contribution is 0.467. The molecule has 0 aliphatic heterocycles. The summed E-state index contributed by atoms with van der Waals surface area (Å²) < 4.78 is 28.7. The molecular weight excluding hydrogens is 336 g/mol. The van der Waals surface area contributed by atoms with E-state index in [2.05, 4.69) is 13.8 Å². The summed E-state index contributed by atoms with van der Waals surface area (Å²) in [4.78, 5) is 4.94. The molecule has 0 spiro atoms. The molecule has 25 heavy (non-hydrogen) atoms. The van der Waals surface area contributed by atoms with Crippen molar-refractivity contribution in [1.82, 2.24) is 4.98 Å². The van der Waals surface area contributed by atoms with Gasteiger partial charge in [-0.2, -0.15) is 0 Å². The zero-order chi connectivity index (χ0) is 17.8. The van der Waals surface area contributed by atoms with Crippen LogP contribution in [0.5, 0.6) is 0 Å². The summed E-state index contributed by atoms with van der Waals surface area (Å²) in [5.74, 6) is 1.86. The van der Waals surface area contributed by atoms with Gasteiger partial charge >= 0.3 is 0 Å². The van der Waals surface area contributed by atoms with Crippen molar-refractivity contribution in [3.63, 3.8) is 0 Å². The lowest BCUT2D eigenvalue weighted by Crippen LogP contribution is -2.11. The van der Waals surface area contributed by atoms with E-state index in [0.717, 1.165) is 17.1 Å². The van der Waals surface area contributed by atoms with Crippen LogP contribution in [0.25, 0.3) is 0 Å². The lowest BCUT2D eigenvalue weighted by atomic mass is 10.0. The Morgan fingerprint density at radius 1 is 1.12 bits per heavy atom.